The molecule has 2 N–H and O–H groups in total. The highest BCUT2D eigenvalue weighted by atomic mass is 16.7. The van der Waals surface area contributed by atoms with Gasteiger partial charge in [0.05, 0.1) is 6.54 Å². The molecule has 0 radical (unpaired) electrons. The maximum atomic E-state index is 12.3. The molecule has 26 heavy (non-hydrogen) atoms. The number of carbonyl (C=O) groups excluding carboxylic acids is 1. The molecular formula is C17H15N5O4. The minimum atomic E-state index is -0.237. The monoisotopic (exact) mass is 353 g/mol. The Morgan fingerprint density at radius 1 is 1.23 bits per heavy atom. The number of ether oxygens (including phenoxy) is 2. The van der Waals surface area contributed by atoms with E-state index in [1.807, 2.05) is 6.07 Å². The lowest BCUT2D eigenvalue weighted by Gasteiger charge is -2.00. The van der Waals surface area contributed by atoms with Crippen LogP contribution in [0.5, 0.6) is 11.5 Å². The molecule has 2 aliphatic rings. The molecule has 1 aromatic carbocycles. The summed E-state index contributed by atoms with van der Waals surface area (Å²) in [4.78, 5) is 16.6. The molecule has 3 heterocycles. The largest absolute Gasteiger partial charge is 0.454 e. The zero-order chi connectivity index (χ0) is 17.5. The van der Waals surface area contributed by atoms with Crippen LogP contribution < -0.4 is 14.8 Å². The van der Waals surface area contributed by atoms with E-state index in [0.717, 1.165) is 36.1 Å². The van der Waals surface area contributed by atoms with E-state index in [-0.39, 0.29) is 19.2 Å². The van der Waals surface area contributed by atoms with Gasteiger partial charge in [0.25, 0.3) is 11.8 Å². The molecule has 9 nitrogen and oxygen atoms in total. The Bertz CT molecular complexity index is 993. The van der Waals surface area contributed by atoms with E-state index in [4.69, 9.17) is 14.0 Å². The van der Waals surface area contributed by atoms with Crippen molar-refractivity contribution in [3.63, 3.8) is 0 Å². The zero-order valence-electron chi connectivity index (χ0n) is 13.7. The highest BCUT2D eigenvalue weighted by Gasteiger charge is 2.23. The van der Waals surface area contributed by atoms with Gasteiger partial charge in [-0.25, -0.2) is 0 Å². The first kappa shape index (κ1) is 14.9. The molecule has 0 atom stereocenters. The van der Waals surface area contributed by atoms with E-state index in [9.17, 15) is 4.79 Å². The number of nitrogens with one attached hydrogen (secondary N) is 2. The minimum absolute atomic E-state index is 0.161. The fourth-order valence-corrected chi connectivity index (χ4v) is 3.22. The third-order valence-corrected chi connectivity index (χ3v) is 4.52. The van der Waals surface area contributed by atoms with Gasteiger partial charge in [0.2, 0.25) is 6.79 Å². The van der Waals surface area contributed by atoms with Crippen molar-refractivity contribution >= 4 is 5.91 Å². The SMILES string of the molecule is O=C(NCc1noc(-c2ccc3c(c2)OCO3)n1)c1n[nH]c2c1CCC2. The molecule has 132 valence electrons. The van der Waals surface area contributed by atoms with Gasteiger partial charge in [-0.2, -0.15) is 10.1 Å². The van der Waals surface area contributed by atoms with E-state index in [1.165, 1.54) is 0 Å². The maximum absolute atomic E-state index is 12.3. The van der Waals surface area contributed by atoms with Crippen molar-refractivity contribution in [3.05, 3.63) is 41.0 Å². The third-order valence-electron chi connectivity index (χ3n) is 4.52. The van der Waals surface area contributed by atoms with Gasteiger partial charge in [-0.05, 0) is 37.5 Å². The Balaban J connectivity index is 1.28. The van der Waals surface area contributed by atoms with E-state index in [0.29, 0.717) is 28.9 Å². The lowest BCUT2D eigenvalue weighted by Crippen LogP contribution is -2.24. The molecule has 0 saturated heterocycles. The van der Waals surface area contributed by atoms with Crippen LogP contribution in [-0.2, 0) is 19.4 Å². The Kier molecular flexibility index (Phi) is 3.37. The van der Waals surface area contributed by atoms with Crippen LogP contribution in [0.15, 0.2) is 22.7 Å². The molecular weight excluding hydrogens is 338 g/mol. The average Bonchev–Trinajstić information content (AvgIpc) is 3.42. The molecule has 2 aromatic heterocycles. The summed E-state index contributed by atoms with van der Waals surface area (Å²) in [6.45, 7) is 0.366. The molecule has 0 unspecified atom stereocenters. The Morgan fingerprint density at radius 3 is 3.12 bits per heavy atom. The summed E-state index contributed by atoms with van der Waals surface area (Å²) in [5.41, 5.74) is 3.25. The van der Waals surface area contributed by atoms with Crippen LogP contribution in [0.1, 0.15) is 34.0 Å². The van der Waals surface area contributed by atoms with Crippen molar-refractivity contribution < 1.29 is 18.8 Å². The summed E-state index contributed by atoms with van der Waals surface area (Å²) in [5, 5.41) is 13.7. The number of aromatic amines is 1. The molecule has 9 heteroatoms. The summed E-state index contributed by atoms with van der Waals surface area (Å²) >= 11 is 0. The van der Waals surface area contributed by atoms with E-state index in [2.05, 4.69) is 25.7 Å². The number of rotatable bonds is 4. The number of hydrogen-bond donors (Lipinski definition) is 2. The minimum Gasteiger partial charge on any atom is -0.454 e. The van der Waals surface area contributed by atoms with Crippen LogP contribution in [0.2, 0.25) is 0 Å². The van der Waals surface area contributed by atoms with E-state index < -0.39 is 0 Å². The standard InChI is InChI=1S/C17H15N5O4/c23-16(15-10-2-1-3-11(10)20-21-15)18-7-14-19-17(26-22-14)9-4-5-12-13(6-9)25-8-24-12/h4-6H,1-3,7-8H2,(H,18,23)(H,20,21). The van der Waals surface area contributed by atoms with Gasteiger partial charge in [0.1, 0.15) is 0 Å². The van der Waals surface area contributed by atoms with Crippen LogP contribution >= 0.6 is 0 Å². The molecule has 0 spiro atoms. The van der Waals surface area contributed by atoms with Gasteiger partial charge in [0, 0.05) is 16.8 Å². The molecule has 1 aliphatic carbocycles. The fraction of sp³-hybridized carbons (Fsp3) is 0.294. The van der Waals surface area contributed by atoms with Crippen LogP contribution in [-0.4, -0.2) is 33.0 Å². The Hall–Kier alpha value is -3.36. The molecule has 1 amide bonds. The highest BCUT2D eigenvalue weighted by molar-refractivity contribution is 5.94. The van der Waals surface area contributed by atoms with E-state index >= 15 is 0 Å². The van der Waals surface area contributed by atoms with Gasteiger partial charge in [-0.1, -0.05) is 5.16 Å². The second-order valence-corrected chi connectivity index (χ2v) is 6.15. The highest BCUT2D eigenvalue weighted by Crippen LogP contribution is 2.35. The van der Waals surface area contributed by atoms with Crippen molar-refractivity contribution in [3.8, 4) is 23.0 Å². The molecule has 0 saturated carbocycles. The summed E-state index contributed by atoms with van der Waals surface area (Å²) in [6.07, 6.45) is 2.87. The second-order valence-electron chi connectivity index (χ2n) is 6.15. The number of nitrogens with zero attached hydrogens (tertiary/aromatic N) is 3. The van der Waals surface area contributed by atoms with Crippen LogP contribution in [0.3, 0.4) is 0 Å². The van der Waals surface area contributed by atoms with E-state index in [1.54, 1.807) is 12.1 Å². The maximum Gasteiger partial charge on any atom is 0.272 e. The number of aryl methyl sites for hydroxylation is 1. The van der Waals surface area contributed by atoms with Crippen molar-refractivity contribution in [2.24, 2.45) is 0 Å². The first-order chi connectivity index (χ1) is 12.8. The molecule has 5 rings (SSSR count). The lowest BCUT2D eigenvalue weighted by atomic mass is 10.2. The lowest BCUT2D eigenvalue weighted by molar-refractivity contribution is 0.0943. The smallest absolute Gasteiger partial charge is 0.272 e. The first-order valence-corrected chi connectivity index (χ1v) is 8.35. The number of benzene rings is 1. The third kappa shape index (κ3) is 2.48. The zero-order valence-corrected chi connectivity index (χ0v) is 13.7. The Morgan fingerprint density at radius 2 is 2.15 bits per heavy atom. The predicted octanol–water partition coefficient (Wildman–Crippen LogP) is 1.61. The first-order valence-electron chi connectivity index (χ1n) is 8.35. The number of carbonyl (C=O) groups is 1. The quantitative estimate of drug-likeness (QED) is 0.732. The number of aromatic nitrogens is 4. The molecule has 3 aromatic rings. The van der Waals surface area contributed by atoms with Gasteiger partial charge < -0.3 is 19.3 Å². The number of fused-ring (bicyclic) bond motifs is 2. The molecule has 0 fully saturated rings. The van der Waals surface area contributed by atoms with Gasteiger partial charge >= 0.3 is 0 Å². The Labute approximate surface area is 147 Å². The summed E-state index contributed by atoms with van der Waals surface area (Å²) in [5.74, 6) is 1.83. The molecule has 0 bridgehead atoms. The normalized spacial score (nSPS) is 14.5. The number of H-pyrrole nitrogens is 1. The average molecular weight is 353 g/mol. The fourth-order valence-electron chi connectivity index (χ4n) is 3.22. The summed E-state index contributed by atoms with van der Waals surface area (Å²) in [6, 6.07) is 5.39. The van der Waals surface area contributed by atoms with Crippen molar-refractivity contribution in [1.29, 1.82) is 0 Å². The topological polar surface area (TPSA) is 115 Å². The summed E-state index contributed by atoms with van der Waals surface area (Å²) < 4.78 is 15.9. The van der Waals surface area contributed by atoms with Crippen molar-refractivity contribution in [2.45, 2.75) is 25.8 Å². The van der Waals surface area contributed by atoms with Gasteiger partial charge in [-0.15, -0.1) is 0 Å². The van der Waals surface area contributed by atoms with Crippen LogP contribution in [0, 0.1) is 0 Å². The van der Waals surface area contributed by atoms with Crippen molar-refractivity contribution in [2.75, 3.05) is 6.79 Å². The van der Waals surface area contributed by atoms with Crippen LogP contribution in [0.4, 0.5) is 0 Å². The van der Waals surface area contributed by atoms with Crippen molar-refractivity contribution in [1.82, 2.24) is 25.7 Å². The predicted molar refractivity (Wildman–Crippen MR) is 87.6 cm³/mol. The second kappa shape index (κ2) is 5.87. The number of amides is 1. The van der Waals surface area contributed by atoms with Gasteiger partial charge in [0.15, 0.2) is 23.0 Å². The summed E-state index contributed by atoms with van der Waals surface area (Å²) in [7, 11) is 0. The van der Waals surface area contributed by atoms with Gasteiger partial charge in [-0.3, -0.25) is 9.89 Å². The number of hydrogen-bond acceptors (Lipinski definition) is 7. The molecule has 1 aliphatic heterocycles. The van der Waals surface area contributed by atoms with Crippen LogP contribution in [0.25, 0.3) is 11.5 Å².